The molecular formula is C33H30F6N4O2S. The largest absolute Gasteiger partial charge is 0.417 e. The van der Waals surface area contributed by atoms with Crippen molar-refractivity contribution in [3.8, 4) is 11.1 Å². The molecule has 0 aliphatic carbocycles. The first-order chi connectivity index (χ1) is 21.8. The van der Waals surface area contributed by atoms with Crippen LogP contribution in [0.4, 0.5) is 32.2 Å². The molecule has 0 bridgehead atoms. The van der Waals surface area contributed by atoms with Gasteiger partial charge >= 0.3 is 11.9 Å². The van der Waals surface area contributed by atoms with Crippen molar-refractivity contribution < 1.29 is 31.1 Å². The fourth-order valence-electron chi connectivity index (χ4n) is 6.01. The number of rotatable bonds is 3. The highest BCUT2D eigenvalue weighted by molar-refractivity contribution is 7.99. The van der Waals surface area contributed by atoms with Crippen LogP contribution in [0.5, 0.6) is 0 Å². The van der Waals surface area contributed by atoms with E-state index >= 15 is 0 Å². The zero-order valence-electron chi connectivity index (χ0n) is 25.0. The third-order valence-corrected chi connectivity index (χ3v) is 9.04. The highest BCUT2D eigenvalue weighted by atomic mass is 32.2. The monoisotopic (exact) mass is 660 g/mol. The van der Waals surface area contributed by atoms with Crippen molar-refractivity contribution in [2.24, 2.45) is 0 Å². The Bertz CT molecular complexity index is 1830. The Kier molecular flexibility index (Phi) is 9.52. The van der Waals surface area contributed by atoms with E-state index in [1.54, 1.807) is 41.8 Å². The van der Waals surface area contributed by atoms with Crippen LogP contribution in [0.1, 0.15) is 25.8 Å². The van der Waals surface area contributed by atoms with Crippen LogP contribution in [0.15, 0.2) is 76.9 Å². The highest BCUT2D eigenvalue weighted by Gasteiger charge is 2.39. The molecule has 13 heteroatoms. The summed E-state index contributed by atoms with van der Waals surface area (Å²) in [5, 5.41) is 0.112. The number of hydrogen-bond acceptors (Lipinski definition) is 5. The molecule has 2 aliphatic rings. The molecule has 0 radical (unpaired) electrons. The Morgan fingerprint density at radius 2 is 1.67 bits per heavy atom. The lowest BCUT2D eigenvalue weighted by Crippen LogP contribution is -2.58. The van der Waals surface area contributed by atoms with Gasteiger partial charge in [-0.25, -0.2) is 18.0 Å². The van der Waals surface area contributed by atoms with Crippen molar-refractivity contribution in [3.63, 3.8) is 0 Å². The normalized spacial score (nSPS) is 18.1. The molecule has 3 heterocycles. The number of benzene rings is 3. The van der Waals surface area contributed by atoms with Gasteiger partial charge in [0.25, 0.3) is 0 Å². The zero-order valence-corrected chi connectivity index (χ0v) is 25.8. The minimum absolute atomic E-state index is 0.0797. The number of aryl methyl sites for hydroxylation is 1. The molecule has 1 fully saturated rings. The van der Waals surface area contributed by atoms with E-state index in [1.807, 2.05) is 0 Å². The van der Waals surface area contributed by atoms with E-state index in [0.29, 0.717) is 18.2 Å². The number of hydrogen-bond donors (Lipinski definition) is 0. The van der Waals surface area contributed by atoms with Crippen LogP contribution in [0, 0.1) is 17.5 Å². The summed E-state index contributed by atoms with van der Waals surface area (Å²) in [7, 11) is 0. The Labute approximate surface area is 265 Å². The SMILES string of the molecule is C=CC(=O)N1C(C)CN(c2nc(=O)n3c4c(c(-c5ccc(F)cc5F)c(C(F)(F)F)cc24)SCCC3)CC1C.Fc1ccccc1. The molecule has 0 N–H and O–H groups in total. The molecular weight excluding hydrogens is 630 g/mol. The Balaban J connectivity index is 0.000000527. The first-order valence-corrected chi connectivity index (χ1v) is 15.5. The van der Waals surface area contributed by atoms with Crippen LogP contribution in [-0.2, 0) is 17.5 Å². The van der Waals surface area contributed by atoms with E-state index < -0.39 is 40.2 Å². The predicted molar refractivity (Wildman–Crippen MR) is 166 cm³/mol. The van der Waals surface area contributed by atoms with Crippen molar-refractivity contribution >= 4 is 34.4 Å². The molecule has 0 saturated carbocycles. The van der Waals surface area contributed by atoms with Crippen molar-refractivity contribution in [2.75, 3.05) is 23.7 Å². The topological polar surface area (TPSA) is 58.4 Å². The van der Waals surface area contributed by atoms with Crippen LogP contribution in [0.2, 0.25) is 0 Å². The number of thioether (sulfide) groups is 1. The van der Waals surface area contributed by atoms with E-state index in [1.165, 1.54) is 22.8 Å². The van der Waals surface area contributed by atoms with Gasteiger partial charge in [0.15, 0.2) is 0 Å². The number of alkyl halides is 3. The third-order valence-electron chi connectivity index (χ3n) is 7.86. The molecule has 1 amide bonds. The average Bonchev–Trinajstić information content (AvgIpc) is 3.23. The average molecular weight is 661 g/mol. The smallest absolute Gasteiger partial charge is 0.352 e. The summed E-state index contributed by atoms with van der Waals surface area (Å²) in [5.41, 5.74) is -2.31. The first-order valence-electron chi connectivity index (χ1n) is 14.5. The molecule has 2 aliphatic heterocycles. The second-order valence-corrected chi connectivity index (χ2v) is 12.2. The minimum atomic E-state index is -4.89. The van der Waals surface area contributed by atoms with Gasteiger partial charge in [-0.1, -0.05) is 24.8 Å². The molecule has 1 saturated heterocycles. The predicted octanol–water partition coefficient (Wildman–Crippen LogP) is 7.29. The summed E-state index contributed by atoms with van der Waals surface area (Å²) in [6.07, 6.45) is -3.19. The second-order valence-electron chi connectivity index (χ2n) is 11.1. The van der Waals surface area contributed by atoms with Gasteiger partial charge in [-0.2, -0.15) is 18.2 Å². The van der Waals surface area contributed by atoms with Gasteiger partial charge < -0.3 is 9.80 Å². The van der Waals surface area contributed by atoms with Gasteiger partial charge in [-0.05, 0) is 62.4 Å². The zero-order chi connectivity index (χ0) is 33.3. The summed E-state index contributed by atoms with van der Waals surface area (Å²) >= 11 is 1.11. The lowest BCUT2D eigenvalue weighted by Gasteiger charge is -2.44. The van der Waals surface area contributed by atoms with E-state index in [-0.39, 0.29) is 65.1 Å². The molecule has 0 spiro atoms. The quantitative estimate of drug-likeness (QED) is 0.171. The Hall–Kier alpha value is -4.26. The molecule has 4 aromatic rings. The maximum absolute atomic E-state index is 15.0. The van der Waals surface area contributed by atoms with Crippen molar-refractivity contribution in [3.05, 3.63) is 101 Å². The Morgan fingerprint density at radius 1 is 1.00 bits per heavy atom. The van der Waals surface area contributed by atoms with Gasteiger partial charge in [-0.3, -0.25) is 9.36 Å². The molecule has 1 aromatic heterocycles. The molecule has 46 heavy (non-hydrogen) atoms. The number of aromatic nitrogens is 2. The molecule has 6 nitrogen and oxygen atoms in total. The van der Waals surface area contributed by atoms with Crippen LogP contribution in [-0.4, -0.2) is 51.3 Å². The molecule has 242 valence electrons. The van der Waals surface area contributed by atoms with Crippen molar-refractivity contribution in [2.45, 2.75) is 50.0 Å². The summed E-state index contributed by atoms with van der Waals surface area (Å²) in [6.45, 7) is 7.84. The summed E-state index contributed by atoms with van der Waals surface area (Å²) < 4.78 is 85.7. The third kappa shape index (κ3) is 6.51. The molecule has 2 atom stereocenters. The lowest BCUT2D eigenvalue weighted by molar-refractivity contribution is -0.137. The molecule has 2 unspecified atom stereocenters. The van der Waals surface area contributed by atoms with Gasteiger partial charge in [0.2, 0.25) is 5.91 Å². The maximum atomic E-state index is 15.0. The number of anilines is 1. The Morgan fingerprint density at radius 3 is 2.24 bits per heavy atom. The van der Waals surface area contributed by atoms with Gasteiger partial charge in [0.05, 0.1) is 11.1 Å². The maximum Gasteiger partial charge on any atom is 0.417 e. The van der Waals surface area contributed by atoms with Gasteiger partial charge in [0.1, 0.15) is 23.3 Å². The van der Waals surface area contributed by atoms with E-state index in [9.17, 15) is 35.9 Å². The van der Waals surface area contributed by atoms with Gasteiger partial charge in [-0.15, -0.1) is 11.8 Å². The summed E-state index contributed by atoms with van der Waals surface area (Å²) in [6, 6.07) is 10.6. The van der Waals surface area contributed by atoms with Gasteiger partial charge in [0, 0.05) is 59.2 Å². The fourth-order valence-corrected chi connectivity index (χ4v) is 7.21. The second kappa shape index (κ2) is 13.2. The van der Waals surface area contributed by atoms with Crippen LogP contribution in [0.25, 0.3) is 22.0 Å². The number of piperazine rings is 1. The number of amides is 1. The van der Waals surface area contributed by atoms with E-state index in [4.69, 9.17) is 0 Å². The number of carbonyl (C=O) groups is 1. The van der Waals surface area contributed by atoms with Crippen molar-refractivity contribution in [1.29, 1.82) is 0 Å². The summed E-state index contributed by atoms with van der Waals surface area (Å²) in [5.74, 6) is -2.02. The molecule has 3 aromatic carbocycles. The number of halogens is 6. The fraction of sp³-hybridized carbons (Fsp3) is 0.303. The summed E-state index contributed by atoms with van der Waals surface area (Å²) in [4.78, 5) is 33.4. The van der Waals surface area contributed by atoms with Crippen LogP contribution < -0.4 is 10.6 Å². The number of carbonyl (C=O) groups excluding carboxylic acids is 1. The lowest BCUT2D eigenvalue weighted by atomic mass is 9.95. The molecule has 6 rings (SSSR count). The van der Waals surface area contributed by atoms with E-state index in [2.05, 4.69) is 11.6 Å². The van der Waals surface area contributed by atoms with E-state index in [0.717, 1.165) is 30.0 Å². The number of nitrogens with zero attached hydrogens (tertiary/aromatic N) is 4. The van der Waals surface area contributed by atoms with Crippen molar-refractivity contribution in [1.82, 2.24) is 14.5 Å². The minimum Gasteiger partial charge on any atom is -0.352 e. The first kappa shape index (κ1) is 33.1. The van der Waals surface area contributed by atoms with Crippen LogP contribution >= 0.6 is 11.8 Å². The highest BCUT2D eigenvalue weighted by Crippen LogP contribution is 2.48. The standard InChI is InChI=1S/C27H25F5N4O2S.C6H5F/c1-4-21(37)36-14(2)12-34(13-15(36)3)25-18-11-19(27(30,31)32)22(17-7-6-16(28)10-20(17)29)24-23(18)35(26(38)33-25)8-5-9-39-24;7-6-4-2-1-3-5-6/h4,6-7,10-11,14-15H,1,5,8-9,12-13H2,2-3H3;1-5H. The van der Waals surface area contributed by atoms with Crippen LogP contribution in [0.3, 0.4) is 0 Å².